The Morgan fingerprint density at radius 1 is 0.789 bits per heavy atom. The largest absolute Gasteiger partial charge is 0.502 e. The molecule has 0 spiro atoms. The summed E-state index contributed by atoms with van der Waals surface area (Å²) in [4.78, 5) is 0. The van der Waals surface area contributed by atoms with Gasteiger partial charge in [-0.1, -0.05) is 20.8 Å². The molecule has 3 unspecified atom stereocenters. The summed E-state index contributed by atoms with van der Waals surface area (Å²) < 4.78 is 18.6. The molecule has 0 aliphatic rings. The monoisotopic (exact) mass is 291 g/mol. The number of nitrogens with two attached hydrogens (primary N) is 1. The van der Waals surface area contributed by atoms with Gasteiger partial charge in [0.05, 0.1) is 0 Å². The number of rotatable bonds is 11. The van der Waals surface area contributed by atoms with Crippen molar-refractivity contribution in [1.29, 1.82) is 0 Å². The summed E-state index contributed by atoms with van der Waals surface area (Å²) in [7, 11) is -2.67. The summed E-state index contributed by atoms with van der Waals surface area (Å²) in [5, 5.41) is 0. The highest BCUT2D eigenvalue weighted by molar-refractivity contribution is 6.61. The van der Waals surface area contributed by atoms with Gasteiger partial charge in [0.25, 0.3) is 0 Å². The van der Waals surface area contributed by atoms with Gasteiger partial charge in [0, 0.05) is 24.4 Å². The quantitative estimate of drug-likeness (QED) is 0.593. The summed E-state index contributed by atoms with van der Waals surface area (Å²) in [5.74, 6) is 0. The van der Waals surface area contributed by atoms with Gasteiger partial charge in [0.2, 0.25) is 0 Å². The Labute approximate surface area is 120 Å². The van der Waals surface area contributed by atoms with Crippen molar-refractivity contribution in [2.45, 2.75) is 85.2 Å². The molecule has 2 N–H and O–H groups in total. The van der Waals surface area contributed by atoms with Crippen LogP contribution in [0.25, 0.3) is 0 Å². The summed E-state index contributed by atoms with van der Waals surface area (Å²) >= 11 is 0. The molecular weight excluding hydrogens is 258 g/mol. The molecule has 0 fully saturated rings. The molecule has 0 aromatic carbocycles. The molecular formula is C14H33NO3Si. The lowest BCUT2D eigenvalue weighted by molar-refractivity contribution is -0.0102. The Balaban J connectivity index is 4.96. The van der Waals surface area contributed by atoms with Crippen LogP contribution in [0, 0.1) is 0 Å². The van der Waals surface area contributed by atoms with Crippen molar-refractivity contribution < 1.29 is 13.3 Å². The standard InChI is InChI=1S/C14H33NO3Si/c1-7-12(4)16-19(11-10-15,17-13(5)8-2)18-14(6)9-3/h12-14H,7-11,15H2,1-6H3. The van der Waals surface area contributed by atoms with Crippen molar-refractivity contribution in [1.82, 2.24) is 0 Å². The van der Waals surface area contributed by atoms with E-state index in [4.69, 9.17) is 19.0 Å². The Hall–Kier alpha value is 0.0569. The van der Waals surface area contributed by atoms with Crippen LogP contribution in [0.15, 0.2) is 0 Å². The van der Waals surface area contributed by atoms with Crippen LogP contribution < -0.4 is 5.73 Å². The van der Waals surface area contributed by atoms with Gasteiger partial charge in [0.1, 0.15) is 0 Å². The number of hydrogen-bond acceptors (Lipinski definition) is 4. The fraction of sp³-hybridized carbons (Fsp3) is 1.00. The third-order valence-corrected chi connectivity index (χ3v) is 6.50. The molecule has 0 aliphatic carbocycles. The van der Waals surface area contributed by atoms with E-state index >= 15 is 0 Å². The zero-order valence-corrected chi connectivity index (χ0v) is 14.6. The van der Waals surface area contributed by atoms with Crippen molar-refractivity contribution in [2.75, 3.05) is 6.54 Å². The van der Waals surface area contributed by atoms with E-state index in [9.17, 15) is 0 Å². The van der Waals surface area contributed by atoms with Crippen LogP contribution in [0.1, 0.15) is 60.8 Å². The second-order valence-corrected chi connectivity index (χ2v) is 7.80. The van der Waals surface area contributed by atoms with Crippen LogP contribution in [-0.4, -0.2) is 33.7 Å². The first kappa shape index (κ1) is 19.1. The van der Waals surface area contributed by atoms with E-state index in [0.29, 0.717) is 12.6 Å². The van der Waals surface area contributed by atoms with Gasteiger partial charge in [0.15, 0.2) is 0 Å². The SMILES string of the molecule is CCC(C)O[Si](CCN)(OC(C)CC)OC(C)CC. The van der Waals surface area contributed by atoms with Gasteiger partial charge < -0.3 is 19.0 Å². The molecule has 3 atom stereocenters. The zero-order chi connectivity index (χ0) is 14.9. The van der Waals surface area contributed by atoms with Crippen LogP contribution >= 0.6 is 0 Å². The van der Waals surface area contributed by atoms with E-state index in [1.807, 2.05) is 0 Å². The van der Waals surface area contributed by atoms with E-state index in [2.05, 4.69) is 41.5 Å². The van der Waals surface area contributed by atoms with E-state index in [-0.39, 0.29) is 18.3 Å². The maximum atomic E-state index is 6.19. The molecule has 5 heteroatoms. The molecule has 0 rings (SSSR count). The maximum Gasteiger partial charge on any atom is 0.502 e. The van der Waals surface area contributed by atoms with Crippen LogP contribution in [0.3, 0.4) is 0 Å². The topological polar surface area (TPSA) is 53.7 Å². The van der Waals surface area contributed by atoms with Crippen molar-refractivity contribution >= 4 is 8.80 Å². The summed E-state index contributed by atoms with van der Waals surface area (Å²) in [6.07, 6.45) is 3.29. The summed E-state index contributed by atoms with van der Waals surface area (Å²) in [6.45, 7) is 13.1. The lowest BCUT2D eigenvalue weighted by Crippen LogP contribution is -2.52. The molecule has 0 saturated heterocycles. The first-order chi connectivity index (χ1) is 8.92. The van der Waals surface area contributed by atoms with Gasteiger partial charge in [-0.15, -0.1) is 0 Å². The predicted molar refractivity (Wildman–Crippen MR) is 82.1 cm³/mol. The van der Waals surface area contributed by atoms with Crippen molar-refractivity contribution in [3.8, 4) is 0 Å². The summed E-state index contributed by atoms with van der Waals surface area (Å²) in [6, 6.07) is 0.687. The molecule has 4 nitrogen and oxygen atoms in total. The van der Waals surface area contributed by atoms with E-state index in [0.717, 1.165) is 19.3 Å². The highest BCUT2D eigenvalue weighted by Gasteiger charge is 2.44. The Morgan fingerprint density at radius 2 is 1.11 bits per heavy atom. The highest BCUT2D eigenvalue weighted by Crippen LogP contribution is 2.23. The minimum atomic E-state index is -2.67. The van der Waals surface area contributed by atoms with E-state index < -0.39 is 8.80 Å². The fourth-order valence-electron chi connectivity index (χ4n) is 1.61. The predicted octanol–water partition coefficient (Wildman–Crippen LogP) is 3.33. The van der Waals surface area contributed by atoms with Gasteiger partial charge in [-0.2, -0.15) is 0 Å². The molecule has 0 aliphatic heterocycles. The fourth-order valence-corrected chi connectivity index (χ4v) is 4.82. The molecule has 0 saturated carbocycles. The Morgan fingerprint density at radius 3 is 1.32 bits per heavy atom. The van der Waals surface area contributed by atoms with Crippen molar-refractivity contribution in [3.63, 3.8) is 0 Å². The maximum absolute atomic E-state index is 6.19. The third kappa shape index (κ3) is 7.42. The average molecular weight is 292 g/mol. The Kier molecular flexibility index (Phi) is 9.91. The summed E-state index contributed by atoms with van der Waals surface area (Å²) in [5.41, 5.74) is 5.76. The van der Waals surface area contributed by atoms with Crippen molar-refractivity contribution in [2.24, 2.45) is 5.73 Å². The first-order valence-corrected chi connectivity index (χ1v) is 9.59. The highest BCUT2D eigenvalue weighted by atomic mass is 28.4. The second-order valence-electron chi connectivity index (χ2n) is 5.23. The molecule has 0 amide bonds. The van der Waals surface area contributed by atoms with Crippen LogP contribution in [0.4, 0.5) is 0 Å². The lowest BCUT2D eigenvalue weighted by Gasteiger charge is -2.36. The molecule has 0 heterocycles. The number of hydrogen-bond donors (Lipinski definition) is 1. The minimum absolute atomic E-state index is 0.145. The molecule has 0 bridgehead atoms. The molecule has 0 aromatic heterocycles. The van der Waals surface area contributed by atoms with Crippen LogP contribution in [-0.2, 0) is 13.3 Å². The van der Waals surface area contributed by atoms with Crippen molar-refractivity contribution in [3.05, 3.63) is 0 Å². The van der Waals surface area contributed by atoms with Gasteiger partial charge in [-0.05, 0) is 46.6 Å². The van der Waals surface area contributed by atoms with E-state index in [1.165, 1.54) is 0 Å². The first-order valence-electron chi connectivity index (χ1n) is 7.66. The smallest absolute Gasteiger partial charge is 0.371 e. The van der Waals surface area contributed by atoms with Gasteiger partial charge >= 0.3 is 8.80 Å². The normalized spacial score (nSPS) is 19.7. The Bertz CT molecular complexity index is 197. The molecule has 0 aromatic rings. The van der Waals surface area contributed by atoms with Gasteiger partial charge in [-0.3, -0.25) is 0 Å². The zero-order valence-electron chi connectivity index (χ0n) is 13.6. The van der Waals surface area contributed by atoms with Crippen LogP contribution in [0.5, 0.6) is 0 Å². The molecule has 19 heavy (non-hydrogen) atoms. The van der Waals surface area contributed by atoms with E-state index in [1.54, 1.807) is 0 Å². The van der Waals surface area contributed by atoms with Gasteiger partial charge in [-0.25, -0.2) is 0 Å². The third-order valence-electron chi connectivity index (χ3n) is 3.32. The average Bonchev–Trinajstić information content (AvgIpc) is 2.38. The molecule has 116 valence electrons. The molecule has 0 radical (unpaired) electrons. The second kappa shape index (κ2) is 9.88. The van der Waals surface area contributed by atoms with Crippen LogP contribution in [0.2, 0.25) is 6.04 Å². The minimum Gasteiger partial charge on any atom is -0.371 e. The lowest BCUT2D eigenvalue weighted by atomic mass is 10.3.